The summed E-state index contributed by atoms with van der Waals surface area (Å²) in [6.45, 7) is 0. The van der Waals surface area contributed by atoms with Gasteiger partial charge in [0, 0.05) is 5.33 Å². The highest BCUT2D eigenvalue weighted by Crippen LogP contribution is 2.31. The number of hydrogen-bond donors (Lipinski definition) is 1. The summed E-state index contributed by atoms with van der Waals surface area (Å²) >= 11 is 9.06. The van der Waals surface area contributed by atoms with Crippen molar-refractivity contribution in [3.8, 4) is 5.75 Å². The third kappa shape index (κ3) is 2.01. The Morgan fingerprint density at radius 1 is 1.64 bits per heavy atom. The van der Waals surface area contributed by atoms with E-state index in [1.165, 1.54) is 7.11 Å². The van der Waals surface area contributed by atoms with Crippen molar-refractivity contribution >= 4 is 33.5 Å². The molecule has 0 atom stereocenters. The number of methoxy groups -OCH3 is 1. The Labute approximate surface area is 94.8 Å². The summed E-state index contributed by atoms with van der Waals surface area (Å²) in [5, 5.41) is 9.52. The van der Waals surface area contributed by atoms with Gasteiger partial charge in [0.25, 0.3) is 0 Å². The van der Waals surface area contributed by atoms with Gasteiger partial charge in [-0.1, -0.05) is 33.6 Å². The quantitative estimate of drug-likeness (QED) is 0.865. The molecule has 0 heterocycles. The zero-order valence-electron chi connectivity index (χ0n) is 7.38. The van der Waals surface area contributed by atoms with Crippen molar-refractivity contribution in [2.75, 3.05) is 7.11 Å². The van der Waals surface area contributed by atoms with Crippen LogP contribution in [0.1, 0.15) is 15.9 Å². The highest BCUT2D eigenvalue weighted by atomic mass is 79.9. The van der Waals surface area contributed by atoms with Crippen molar-refractivity contribution < 1.29 is 14.6 Å². The van der Waals surface area contributed by atoms with Gasteiger partial charge in [0.05, 0.1) is 17.7 Å². The minimum atomic E-state index is -1.05. The first kappa shape index (κ1) is 11.3. The standard InChI is InChI=1S/C9H8BrClO3/c1-14-6-3-2-5(4-10)7(8(6)11)9(12)13/h2-3H,4H2,1H3,(H,12,13). The fourth-order valence-electron chi connectivity index (χ4n) is 1.10. The Morgan fingerprint density at radius 2 is 2.29 bits per heavy atom. The van der Waals surface area contributed by atoms with Crippen molar-refractivity contribution in [3.05, 3.63) is 28.3 Å². The number of carboxylic acids is 1. The zero-order chi connectivity index (χ0) is 10.7. The van der Waals surface area contributed by atoms with Crippen LogP contribution >= 0.6 is 27.5 Å². The molecule has 0 fully saturated rings. The molecule has 1 aromatic carbocycles. The van der Waals surface area contributed by atoms with E-state index in [0.29, 0.717) is 16.6 Å². The molecule has 3 nitrogen and oxygen atoms in total. The van der Waals surface area contributed by atoms with Gasteiger partial charge in [-0.3, -0.25) is 0 Å². The van der Waals surface area contributed by atoms with Gasteiger partial charge in [0.1, 0.15) is 5.75 Å². The molecule has 0 aliphatic carbocycles. The van der Waals surface area contributed by atoms with E-state index in [9.17, 15) is 4.79 Å². The molecule has 0 aromatic heterocycles. The Balaban J connectivity index is 3.39. The summed E-state index contributed by atoms with van der Waals surface area (Å²) in [7, 11) is 1.45. The maximum Gasteiger partial charge on any atom is 0.337 e. The monoisotopic (exact) mass is 278 g/mol. The minimum absolute atomic E-state index is 0.0860. The fraction of sp³-hybridized carbons (Fsp3) is 0.222. The Morgan fingerprint density at radius 3 is 2.71 bits per heavy atom. The lowest BCUT2D eigenvalue weighted by atomic mass is 10.1. The van der Waals surface area contributed by atoms with Gasteiger partial charge in [-0.05, 0) is 11.6 Å². The van der Waals surface area contributed by atoms with E-state index in [-0.39, 0.29) is 10.6 Å². The summed E-state index contributed by atoms with van der Waals surface area (Å²) < 4.78 is 4.92. The second-order valence-corrected chi connectivity index (χ2v) is 3.49. The van der Waals surface area contributed by atoms with Crippen LogP contribution in [0.5, 0.6) is 5.75 Å². The molecule has 0 spiro atoms. The molecule has 0 saturated heterocycles. The topological polar surface area (TPSA) is 46.5 Å². The fourth-order valence-corrected chi connectivity index (χ4v) is 1.91. The van der Waals surface area contributed by atoms with Crippen molar-refractivity contribution in [1.29, 1.82) is 0 Å². The molecule has 0 radical (unpaired) electrons. The first-order chi connectivity index (χ1) is 6.61. The predicted octanol–water partition coefficient (Wildman–Crippen LogP) is 2.94. The molecule has 76 valence electrons. The van der Waals surface area contributed by atoms with Crippen LogP contribution in [0, 0.1) is 0 Å². The summed E-state index contributed by atoms with van der Waals surface area (Å²) in [6, 6.07) is 3.31. The number of hydrogen-bond acceptors (Lipinski definition) is 2. The number of carboxylic acid groups (broad SMARTS) is 1. The third-order valence-corrected chi connectivity index (χ3v) is 2.75. The van der Waals surface area contributed by atoms with Crippen molar-refractivity contribution in [2.24, 2.45) is 0 Å². The second-order valence-electron chi connectivity index (χ2n) is 2.55. The van der Waals surface area contributed by atoms with Crippen molar-refractivity contribution in [3.63, 3.8) is 0 Å². The van der Waals surface area contributed by atoms with Gasteiger partial charge >= 0.3 is 5.97 Å². The molecule has 5 heteroatoms. The maximum atomic E-state index is 10.9. The third-order valence-electron chi connectivity index (χ3n) is 1.77. The number of aromatic carboxylic acids is 1. The van der Waals surface area contributed by atoms with Gasteiger partial charge in [-0.25, -0.2) is 4.79 Å². The normalized spacial score (nSPS) is 9.93. The van der Waals surface area contributed by atoms with Crippen LogP contribution in [0.2, 0.25) is 5.02 Å². The van der Waals surface area contributed by atoms with Gasteiger partial charge in [-0.15, -0.1) is 0 Å². The molecule has 0 aliphatic heterocycles. The van der Waals surface area contributed by atoms with Crippen LogP contribution in [-0.4, -0.2) is 18.2 Å². The van der Waals surface area contributed by atoms with E-state index in [4.69, 9.17) is 21.4 Å². The largest absolute Gasteiger partial charge is 0.495 e. The summed E-state index contributed by atoms with van der Waals surface area (Å²) in [5.74, 6) is -0.683. The summed E-state index contributed by atoms with van der Waals surface area (Å²) in [6.07, 6.45) is 0. The van der Waals surface area contributed by atoms with Crippen LogP contribution in [-0.2, 0) is 5.33 Å². The molecule has 0 amide bonds. The number of alkyl halides is 1. The van der Waals surface area contributed by atoms with Gasteiger partial charge in [0.15, 0.2) is 0 Å². The number of carbonyl (C=O) groups is 1. The molecule has 0 unspecified atom stereocenters. The van der Waals surface area contributed by atoms with Crippen LogP contribution in [0.25, 0.3) is 0 Å². The van der Waals surface area contributed by atoms with Crippen LogP contribution < -0.4 is 4.74 Å². The first-order valence-corrected chi connectivity index (χ1v) is 5.26. The van der Waals surface area contributed by atoms with Gasteiger partial charge < -0.3 is 9.84 Å². The molecular weight excluding hydrogens is 271 g/mol. The Hall–Kier alpha value is -0.740. The van der Waals surface area contributed by atoms with E-state index >= 15 is 0 Å². The molecule has 1 N–H and O–H groups in total. The molecule has 0 bridgehead atoms. The summed E-state index contributed by atoms with van der Waals surface area (Å²) in [5.41, 5.74) is 0.714. The zero-order valence-corrected chi connectivity index (χ0v) is 9.72. The Kier molecular flexibility index (Phi) is 3.77. The second kappa shape index (κ2) is 4.66. The number of ether oxygens (including phenoxy) is 1. The molecule has 0 saturated carbocycles. The highest BCUT2D eigenvalue weighted by molar-refractivity contribution is 9.08. The van der Waals surface area contributed by atoms with E-state index in [1.807, 2.05) is 0 Å². The molecular formula is C9H8BrClO3. The lowest BCUT2D eigenvalue weighted by molar-refractivity contribution is 0.0696. The van der Waals surface area contributed by atoms with Gasteiger partial charge in [0.2, 0.25) is 0 Å². The first-order valence-electron chi connectivity index (χ1n) is 3.76. The minimum Gasteiger partial charge on any atom is -0.495 e. The maximum absolute atomic E-state index is 10.9. The van der Waals surface area contributed by atoms with E-state index < -0.39 is 5.97 Å². The SMILES string of the molecule is COc1ccc(CBr)c(C(=O)O)c1Cl. The summed E-state index contributed by atoms with van der Waals surface area (Å²) in [4.78, 5) is 10.9. The number of rotatable bonds is 3. The van der Waals surface area contributed by atoms with E-state index in [0.717, 1.165) is 0 Å². The Bertz CT molecular complexity index is 365. The lowest BCUT2D eigenvalue weighted by Gasteiger charge is -2.09. The number of benzene rings is 1. The average molecular weight is 280 g/mol. The molecule has 14 heavy (non-hydrogen) atoms. The van der Waals surface area contributed by atoms with E-state index in [1.54, 1.807) is 12.1 Å². The van der Waals surface area contributed by atoms with Crippen LogP contribution in [0.4, 0.5) is 0 Å². The smallest absolute Gasteiger partial charge is 0.337 e. The molecule has 0 aliphatic rings. The van der Waals surface area contributed by atoms with Gasteiger partial charge in [-0.2, -0.15) is 0 Å². The van der Waals surface area contributed by atoms with Crippen molar-refractivity contribution in [2.45, 2.75) is 5.33 Å². The molecule has 1 aromatic rings. The van der Waals surface area contributed by atoms with Crippen molar-refractivity contribution in [1.82, 2.24) is 0 Å². The lowest BCUT2D eigenvalue weighted by Crippen LogP contribution is -2.03. The molecule has 1 rings (SSSR count). The van der Waals surface area contributed by atoms with E-state index in [2.05, 4.69) is 15.9 Å². The van der Waals surface area contributed by atoms with Crippen LogP contribution in [0.15, 0.2) is 12.1 Å². The highest BCUT2D eigenvalue weighted by Gasteiger charge is 2.17. The van der Waals surface area contributed by atoms with Crippen LogP contribution in [0.3, 0.4) is 0 Å². The number of halogens is 2. The predicted molar refractivity (Wildman–Crippen MR) is 57.6 cm³/mol. The average Bonchev–Trinajstić information content (AvgIpc) is 2.16.